The lowest BCUT2D eigenvalue weighted by atomic mass is 10.1. The van der Waals surface area contributed by atoms with Crippen molar-refractivity contribution in [2.45, 2.75) is 25.9 Å². The molecule has 2 atom stereocenters. The molecular formula is C12H17NO2. The van der Waals surface area contributed by atoms with Crippen LogP contribution < -0.4 is 5.32 Å². The number of phenols is 2. The van der Waals surface area contributed by atoms with Gasteiger partial charge in [-0.3, -0.25) is 0 Å². The summed E-state index contributed by atoms with van der Waals surface area (Å²) in [5.74, 6) is 0.206. The van der Waals surface area contributed by atoms with Crippen molar-refractivity contribution in [3.63, 3.8) is 0 Å². The van der Waals surface area contributed by atoms with E-state index in [1.54, 1.807) is 24.3 Å². The van der Waals surface area contributed by atoms with Gasteiger partial charge in [-0.1, -0.05) is 12.1 Å². The SMILES string of the molecule is C=CC(C)NC(C)c1c(O)cccc1O. The Morgan fingerprint density at radius 1 is 1.27 bits per heavy atom. The largest absolute Gasteiger partial charge is 0.507 e. The maximum Gasteiger partial charge on any atom is 0.124 e. The highest BCUT2D eigenvalue weighted by atomic mass is 16.3. The molecule has 0 radical (unpaired) electrons. The van der Waals surface area contributed by atoms with Crippen molar-refractivity contribution in [1.29, 1.82) is 0 Å². The Balaban J connectivity index is 2.90. The second kappa shape index (κ2) is 4.84. The van der Waals surface area contributed by atoms with E-state index in [9.17, 15) is 10.2 Å². The first-order valence-electron chi connectivity index (χ1n) is 4.95. The lowest BCUT2D eigenvalue weighted by molar-refractivity contribution is 0.414. The van der Waals surface area contributed by atoms with E-state index in [0.29, 0.717) is 5.56 Å². The number of benzene rings is 1. The lowest BCUT2D eigenvalue weighted by Crippen LogP contribution is -2.27. The Labute approximate surface area is 90.1 Å². The highest BCUT2D eigenvalue weighted by molar-refractivity contribution is 5.44. The molecule has 0 saturated carbocycles. The number of rotatable bonds is 4. The zero-order chi connectivity index (χ0) is 11.4. The Hall–Kier alpha value is -1.48. The van der Waals surface area contributed by atoms with Gasteiger partial charge in [0, 0.05) is 12.1 Å². The number of aromatic hydroxyl groups is 2. The van der Waals surface area contributed by atoms with Gasteiger partial charge >= 0.3 is 0 Å². The first-order valence-corrected chi connectivity index (χ1v) is 4.95. The van der Waals surface area contributed by atoms with Crippen LogP contribution in [0, 0.1) is 0 Å². The highest BCUT2D eigenvalue weighted by Gasteiger charge is 2.15. The minimum Gasteiger partial charge on any atom is -0.507 e. The van der Waals surface area contributed by atoms with Gasteiger partial charge < -0.3 is 15.5 Å². The van der Waals surface area contributed by atoms with Crippen molar-refractivity contribution in [1.82, 2.24) is 5.32 Å². The average molecular weight is 207 g/mol. The molecule has 0 aliphatic heterocycles. The van der Waals surface area contributed by atoms with Crippen molar-refractivity contribution in [2.24, 2.45) is 0 Å². The Morgan fingerprint density at radius 2 is 1.80 bits per heavy atom. The summed E-state index contributed by atoms with van der Waals surface area (Å²) in [5, 5.41) is 22.4. The summed E-state index contributed by atoms with van der Waals surface area (Å²) in [5.41, 5.74) is 0.520. The molecule has 2 unspecified atom stereocenters. The number of hydrogen-bond donors (Lipinski definition) is 3. The first kappa shape index (κ1) is 11.6. The molecule has 3 N–H and O–H groups in total. The highest BCUT2D eigenvalue weighted by Crippen LogP contribution is 2.32. The van der Waals surface area contributed by atoms with Gasteiger partial charge in [0.15, 0.2) is 0 Å². The number of phenolic OH excluding ortho intramolecular Hbond substituents is 2. The average Bonchev–Trinajstić information content (AvgIpc) is 2.17. The molecule has 0 amide bonds. The molecule has 15 heavy (non-hydrogen) atoms. The van der Waals surface area contributed by atoms with Crippen LogP contribution in [0.15, 0.2) is 30.9 Å². The summed E-state index contributed by atoms with van der Waals surface area (Å²) < 4.78 is 0. The standard InChI is InChI=1S/C12H17NO2/c1-4-8(2)13-9(3)12-10(14)6-5-7-11(12)15/h4-9,13-15H,1H2,2-3H3. The van der Waals surface area contributed by atoms with Gasteiger partial charge in [-0.2, -0.15) is 0 Å². The summed E-state index contributed by atoms with van der Waals surface area (Å²) in [7, 11) is 0. The predicted molar refractivity (Wildman–Crippen MR) is 61.0 cm³/mol. The van der Waals surface area contributed by atoms with Crippen LogP contribution in [-0.4, -0.2) is 16.3 Å². The maximum absolute atomic E-state index is 9.62. The molecule has 3 nitrogen and oxygen atoms in total. The summed E-state index contributed by atoms with van der Waals surface area (Å²) >= 11 is 0. The minimum absolute atomic E-state index is 0.103. The number of hydrogen-bond acceptors (Lipinski definition) is 3. The molecule has 1 aromatic carbocycles. The molecule has 0 spiro atoms. The van der Waals surface area contributed by atoms with Gasteiger partial charge in [0.05, 0.1) is 5.56 Å². The van der Waals surface area contributed by atoms with Gasteiger partial charge in [-0.05, 0) is 26.0 Å². The summed E-state index contributed by atoms with van der Waals surface area (Å²) in [6.45, 7) is 7.51. The van der Waals surface area contributed by atoms with E-state index < -0.39 is 0 Å². The first-order chi connectivity index (χ1) is 7.06. The van der Waals surface area contributed by atoms with Crippen molar-refractivity contribution >= 4 is 0 Å². The third kappa shape index (κ3) is 2.73. The molecule has 1 rings (SSSR count). The minimum atomic E-state index is -0.126. The smallest absolute Gasteiger partial charge is 0.124 e. The Kier molecular flexibility index (Phi) is 3.74. The van der Waals surface area contributed by atoms with Gasteiger partial charge in [0.2, 0.25) is 0 Å². The fourth-order valence-electron chi connectivity index (χ4n) is 1.53. The van der Waals surface area contributed by atoms with Crippen LogP contribution >= 0.6 is 0 Å². The molecule has 0 bridgehead atoms. The van der Waals surface area contributed by atoms with Crippen molar-refractivity contribution < 1.29 is 10.2 Å². The predicted octanol–water partition coefficient (Wildman–Crippen LogP) is 2.32. The quantitative estimate of drug-likeness (QED) is 0.664. The van der Waals surface area contributed by atoms with E-state index in [1.807, 2.05) is 13.8 Å². The molecule has 1 aromatic rings. The molecule has 0 fully saturated rings. The monoisotopic (exact) mass is 207 g/mol. The van der Waals surface area contributed by atoms with Crippen molar-refractivity contribution in [2.75, 3.05) is 0 Å². The Morgan fingerprint density at radius 3 is 2.27 bits per heavy atom. The second-order valence-electron chi connectivity index (χ2n) is 3.62. The van der Waals surface area contributed by atoms with Gasteiger partial charge in [0.1, 0.15) is 11.5 Å². The molecule has 0 saturated heterocycles. The van der Waals surface area contributed by atoms with Gasteiger partial charge in [0.25, 0.3) is 0 Å². The maximum atomic E-state index is 9.62. The molecule has 0 aromatic heterocycles. The van der Waals surface area contributed by atoms with E-state index >= 15 is 0 Å². The van der Waals surface area contributed by atoms with Crippen LogP contribution in [0.3, 0.4) is 0 Å². The second-order valence-corrected chi connectivity index (χ2v) is 3.62. The van der Waals surface area contributed by atoms with Crippen LogP contribution in [0.5, 0.6) is 11.5 Å². The van der Waals surface area contributed by atoms with Gasteiger partial charge in [-0.25, -0.2) is 0 Å². The zero-order valence-corrected chi connectivity index (χ0v) is 9.07. The van der Waals surface area contributed by atoms with E-state index in [4.69, 9.17) is 0 Å². The van der Waals surface area contributed by atoms with Crippen LogP contribution in [0.1, 0.15) is 25.5 Å². The molecule has 82 valence electrons. The van der Waals surface area contributed by atoms with Crippen molar-refractivity contribution in [3.05, 3.63) is 36.4 Å². The Bertz CT molecular complexity index is 329. The molecule has 0 aliphatic carbocycles. The number of nitrogens with one attached hydrogen (secondary N) is 1. The fraction of sp³-hybridized carbons (Fsp3) is 0.333. The third-order valence-corrected chi connectivity index (χ3v) is 2.36. The van der Waals surface area contributed by atoms with Crippen molar-refractivity contribution in [3.8, 4) is 11.5 Å². The van der Waals surface area contributed by atoms with E-state index in [0.717, 1.165) is 0 Å². The van der Waals surface area contributed by atoms with Crippen LogP contribution in [0.2, 0.25) is 0 Å². The van der Waals surface area contributed by atoms with E-state index in [1.165, 1.54) is 0 Å². The van der Waals surface area contributed by atoms with Crippen LogP contribution in [-0.2, 0) is 0 Å². The summed E-state index contributed by atoms with van der Waals surface area (Å²) in [4.78, 5) is 0. The molecule has 0 aliphatic rings. The third-order valence-electron chi connectivity index (χ3n) is 2.36. The van der Waals surface area contributed by atoms with E-state index in [2.05, 4.69) is 11.9 Å². The fourth-order valence-corrected chi connectivity index (χ4v) is 1.53. The van der Waals surface area contributed by atoms with Gasteiger partial charge in [-0.15, -0.1) is 6.58 Å². The lowest BCUT2D eigenvalue weighted by Gasteiger charge is -2.19. The van der Waals surface area contributed by atoms with Crippen LogP contribution in [0.4, 0.5) is 0 Å². The topological polar surface area (TPSA) is 52.5 Å². The molecule has 3 heteroatoms. The normalized spacial score (nSPS) is 14.5. The van der Waals surface area contributed by atoms with Crippen LogP contribution in [0.25, 0.3) is 0 Å². The molecular weight excluding hydrogens is 190 g/mol. The molecule has 0 heterocycles. The summed E-state index contributed by atoms with van der Waals surface area (Å²) in [6, 6.07) is 4.73. The summed E-state index contributed by atoms with van der Waals surface area (Å²) in [6.07, 6.45) is 1.77. The zero-order valence-electron chi connectivity index (χ0n) is 9.07. The van der Waals surface area contributed by atoms with E-state index in [-0.39, 0.29) is 23.6 Å².